The monoisotopic (exact) mass is 332 g/mol. The first-order chi connectivity index (χ1) is 11.0. The molecule has 3 rings (SSSR count). The smallest absolute Gasteiger partial charge is 0.151 e. The summed E-state index contributed by atoms with van der Waals surface area (Å²) in [5.41, 5.74) is 7.43. The van der Waals surface area contributed by atoms with Crippen molar-refractivity contribution in [2.75, 3.05) is 11.1 Å². The molecule has 0 fully saturated rings. The first kappa shape index (κ1) is 15.2. The number of hydrogen-bond donors (Lipinski definition) is 2. The van der Waals surface area contributed by atoms with Crippen LogP contribution in [0.5, 0.6) is 0 Å². The lowest BCUT2D eigenvalue weighted by atomic mass is 10.0. The summed E-state index contributed by atoms with van der Waals surface area (Å²) in [5.74, 6) is 0.286. The molecule has 3 aromatic rings. The summed E-state index contributed by atoms with van der Waals surface area (Å²) < 4.78 is 14.9. The van der Waals surface area contributed by atoms with Gasteiger partial charge in [-0.2, -0.15) is 5.10 Å². The Balaban J connectivity index is 2.01. The second-order valence-corrected chi connectivity index (χ2v) is 5.38. The SMILES string of the molecule is Cn1cc([C@@H](Nc2ncnc(N)c2Cl)c2ccc(F)cc2)cn1. The van der Waals surface area contributed by atoms with E-state index in [-0.39, 0.29) is 22.7 Å². The molecule has 0 radical (unpaired) electrons. The molecule has 0 saturated carbocycles. The van der Waals surface area contributed by atoms with Crippen LogP contribution in [0.15, 0.2) is 43.0 Å². The molecule has 0 aliphatic heterocycles. The lowest BCUT2D eigenvalue weighted by molar-refractivity contribution is 0.626. The maximum absolute atomic E-state index is 13.2. The molecule has 6 nitrogen and oxygen atoms in total. The van der Waals surface area contributed by atoms with E-state index < -0.39 is 0 Å². The van der Waals surface area contributed by atoms with Crippen molar-refractivity contribution in [3.8, 4) is 0 Å². The van der Waals surface area contributed by atoms with Crippen LogP contribution in [0.3, 0.4) is 0 Å². The second-order valence-electron chi connectivity index (χ2n) is 5.00. The number of aryl methyl sites for hydroxylation is 1. The number of nitrogens with one attached hydrogen (secondary N) is 1. The van der Waals surface area contributed by atoms with Gasteiger partial charge in [-0.05, 0) is 17.7 Å². The van der Waals surface area contributed by atoms with Crippen molar-refractivity contribution in [2.45, 2.75) is 6.04 Å². The minimum atomic E-state index is -0.309. The summed E-state index contributed by atoms with van der Waals surface area (Å²) in [6.45, 7) is 0. The third-order valence-corrected chi connectivity index (χ3v) is 3.73. The number of benzene rings is 1. The Morgan fingerprint density at radius 3 is 2.61 bits per heavy atom. The van der Waals surface area contributed by atoms with Gasteiger partial charge in [0.2, 0.25) is 0 Å². The molecule has 118 valence electrons. The largest absolute Gasteiger partial charge is 0.382 e. The van der Waals surface area contributed by atoms with Gasteiger partial charge in [0, 0.05) is 18.8 Å². The highest BCUT2D eigenvalue weighted by atomic mass is 35.5. The van der Waals surface area contributed by atoms with E-state index in [0.717, 1.165) is 11.1 Å². The third kappa shape index (κ3) is 3.24. The predicted molar refractivity (Wildman–Crippen MR) is 86.5 cm³/mol. The van der Waals surface area contributed by atoms with Crippen molar-refractivity contribution in [2.24, 2.45) is 7.05 Å². The maximum atomic E-state index is 13.2. The van der Waals surface area contributed by atoms with Crippen LogP contribution in [-0.4, -0.2) is 19.7 Å². The van der Waals surface area contributed by atoms with Crippen LogP contribution in [-0.2, 0) is 7.05 Å². The van der Waals surface area contributed by atoms with Gasteiger partial charge in [-0.15, -0.1) is 0 Å². The van der Waals surface area contributed by atoms with Crippen LogP contribution in [0, 0.1) is 5.82 Å². The van der Waals surface area contributed by atoms with Crippen molar-refractivity contribution in [3.05, 3.63) is 65.0 Å². The Kier molecular flexibility index (Phi) is 4.12. The molecule has 1 aromatic carbocycles. The zero-order valence-electron chi connectivity index (χ0n) is 12.2. The fourth-order valence-electron chi connectivity index (χ4n) is 2.22. The Morgan fingerprint density at radius 1 is 1.22 bits per heavy atom. The minimum Gasteiger partial charge on any atom is -0.382 e. The van der Waals surface area contributed by atoms with Crippen LogP contribution < -0.4 is 11.1 Å². The van der Waals surface area contributed by atoms with E-state index in [1.165, 1.54) is 18.5 Å². The van der Waals surface area contributed by atoms with Crippen LogP contribution in [0.1, 0.15) is 17.2 Å². The second kappa shape index (κ2) is 6.21. The van der Waals surface area contributed by atoms with E-state index in [9.17, 15) is 4.39 Å². The molecular weight excluding hydrogens is 319 g/mol. The van der Waals surface area contributed by atoms with Gasteiger partial charge in [-0.1, -0.05) is 23.7 Å². The quantitative estimate of drug-likeness (QED) is 0.767. The van der Waals surface area contributed by atoms with Crippen molar-refractivity contribution in [1.82, 2.24) is 19.7 Å². The van der Waals surface area contributed by atoms with Crippen molar-refractivity contribution >= 4 is 23.2 Å². The summed E-state index contributed by atoms with van der Waals surface area (Å²) in [7, 11) is 1.82. The maximum Gasteiger partial charge on any atom is 0.151 e. The number of halogens is 2. The number of rotatable bonds is 4. The fraction of sp³-hybridized carbons (Fsp3) is 0.133. The minimum absolute atomic E-state index is 0.188. The first-order valence-corrected chi connectivity index (χ1v) is 7.19. The molecule has 0 bridgehead atoms. The molecule has 3 N–H and O–H groups in total. The van der Waals surface area contributed by atoms with E-state index in [1.54, 1.807) is 23.0 Å². The van der Waals surface area contributed by atoms with E-state index in [2.05, 4.69) is 20.4 Å². The summed E-state index contributed by atoms with van der Waals surface area (Å²) >= 11 is 6.15. The van der Waals surface area contributed by atoms with Crippen molar-refractivity contribution < 1.29 is 4.39 Å². The summed E-state index contributed by atoms with van der Waals surface area (Å²) in [6.07, 6.45) is 4.91. The van der Waals surface area contributed by atoms with E-state index >= 15 is 0 Å². The number of nitrogens with two attached hydrogens (primary N) is 1. The van der Waals surface area contributed by atoms with Crippen LogP contribution in [0.25, 0.3) is 0 Å². The van der Waals surface area contributed by atoms with E-state index in [4.69, 9.17) is 17.3 Å². The van der Waals surface area contributed by atoms with Crippen LogP contribution in [0.2, 0.25) is 5.02 Å². The highest BCUT2D eigenvalue weighted by Crippen LogP contribution is 2.30. The van der Waals surface area contributed by atoms with E-state index in [0.29, 0.717) is 5.82 Å². The average Bonchev–Trinajstić information content (AvgIpc) is 2.96. The number of nitrogens with zero attached hydrogens (tertiary/aromatic N) is 4. The molecular formula is C15H14ClFN6. The molecule has 23 heavy (non-hydrogen) atoms. The number of aromatic nitrogens is 4. The summed E-state index contributed by atoms with van der Waals surface area (Å²) in [4.78, 5) is 7.96. The molecule has 2 aromatic heterocycles. The Morgan fingerprint density at radius 2 is 1.96 bits per heavy atom. The Hall–Kier alpha value is -2.67. The summed E-state index contributed by atoms with van der Waals surface area (Å²) in [6, 6.07) is 5.87. The number of hydrogen-bond acceptors (Lipinski definition) is 5. The van der Waals surface area contributed by atoms with Gasteiger partial charge in [0.25, 0.3) is 0 Å². The van der Waals surface area contributed by atoms with Crippen molar-refractivity contribution in [3.63, 3.8) is 0 Å². The van der Waals surface area contributed by atoms with Gasteiger partial charge in [0.15, 0.2) is 5.82 Å². The highest BCUT2D eigenvalue weighted by molar-refractivity contribution is 6.35. The van der Waals surface area contributed by atoms with Gasteiger partial charge in [0.05, 0.1) is 12.2 Å². The van der Waals surface area contributed by atoms with Gasteiger partial charge in [-0.3, -0.25) is 4.68 Å². The zero-order valence-corrected chi connectivity index (χ0v) is 13.0. The first-order valence-electron chi connectivity index (χ1n) is 6.81. The van der Waals surface area contributed by atoms with E-state index in [1.807, 2.05) is 13.2 Å². The number of nitrogen functional groups attached to an aromatic ring is 1. The lowest BCUT2D eigenvalue weighted by Crippen LogP contribution is -2.14. The highest BCUT2D eigenvalue weighted by Gasteiger charge is 2.18. The van der Waals surface area contributed by atoms with Gasteiger partial charge in [0.1, 0.15) is 23.0 Å². The third-order valence-electron chi connectivity index (χ3n) is 3.36. The molecule has 8 heteroatoms. The standard InChI is InChI=1S/C15H14ClFN6/c1-23-7-10(6-21-23)13(9-2-4-11(17)5-3-9)22-15-12(16)14(18)19-8-20-15/h2-8,13H,1H3,(H3,18,19,20,22)/t13-/m0/s1. The topological polar surface area (TPSA) is 81.7 Å². The molecule has 0 saturated heterocycles. The Bertz CT molecular complexity index is 817. The molecule has 0 aliphatic carbocycles. The lowest BCUT2D eigenvalue weighted by Gasteiger charge is -2.19. The van der Waals surface area contributed by atoms with Crippen LogP contribution >= 0.6 is 11.6 Å². The zero-order chi connectivity index (χ0) is 16.4. The van der Waals surface area contributed by atoms with Gasteiger partial charge in [-0.25, -0.2) is 14.4 Å². The average molecular weight is 333 g/mol. The molecule has 0 amide bonds. The molecule has 0 unspecified atom stereocenters. The number of anilines is 2. The normalized spacial score (nSPS) is 12.1. The molecule has 2 heterocycles. The van der Waals surface area contributed by atoms with Crippen LogP contribution in [0.4, 0.5) is 16.0 Å². The Labute approximate surface area is 137 Å². The predicted octanol–water partition coefficient (Wildman–Crippen LogP) is 2.79. The molecule has 0 spiro atoms. The molecule has 0 aliphatic rings. The summed E-state index contributed by atoms with van der Waals surface area (Å²) in [5, 5.41) is 7.63. The molecule has 1 atom stereocenters. The fourth-order valence-corrected chi connectivity index (χ4v) is 2.38. The van der Waals surface area contributed by atoms with Gasteiger partial charge < -0.3 is 11.1 Å². The van der Waals surface area contributed by atoms with Crippen molar-refractivity contribution in [1.29, 1.82) is 0 Å². The van der Waals surface area contributed by atoms with Gasteiger partial charge >= 0.3 is 0 Å².